The molecule has 0 aliphatic carbocycles. The van der Waals surface area contributed by atoms with E-state index in [1.165, 1.54) is 64.2 Å². The molecule has 1 aliphatic rings. The smallest absolute Gasteiger partial charge is 0.305 e. The summed E-state index contributed by atoms with van der Waals surface area (Å²) in [6.07, 6.45) is 39.9. The molecule has 1 aliphatic heterocycles. The summed E-state index contributed by atoms with van der Waals surface area (Å²) >= 11 is 0. The van der Waals surface area contributed by atoms with Gasteiger partial charge < -0.3 is 29.9 Å². The second-order valence-electron chi connectivity index (χ2n) is 15.3. The van der Waals surface area contributed by atoms with Crippen LogP contribution in [-0.2, 0) is 19.1 Å². The molecule has 0 saturated carbocycles. The fourth-order valence-corrected chi connectivity index (χ4v) is 6.84. The predicted molar refractivity (Wildman–Crippen MR) is 226 cm³/mol. The Labute approximate surface area is 335 Å². The number of esters is 1. The number of Topliss-reactive ketones (excluding diaryl/α,β-unsaturated/α-hetero) is 1. The number of aliphatic hydroxyl groups is 4. The molecule has 6 atom stereocenters. The third-order valence-electron chi connectivity index (χ3n) is 10.3. The first-order valence-electron chi connectivity index (χ1n) is 22.1. The van der Waals surface area contributed by atoms with Crippen molar-refractivity contribution in [2.75, 3.05) is 13.2 Å². The number of ketones is 1. The average Bonchev–Trinajstić information content (AvgIpc) is 3.18. The molecule has 1 heterocycles. The van der Waals surface area contributed by atoms with Crippen LogP contribution >= 0.6 is 0 Å². The first kappa shape index (κ1) is 50.7. The molecule has 316 valence electrons. The van der Waals surface area contributed by atoms with Crippen LogP contribution in [0.25, 0.3) is 0 Å². The normalized spacial score (nSPS) is 21.2. The largest absolute Gasteiger partial charge is 0.465 e. The highest BCUT2D eigenvalue weighted by molar-refractivity contribution is 5.78. The van der Waals surface area contributed by atoms with Crippen molar-refractivity contribution in [2.24, 2.45) is 5.92 Å². The Hall–Kier alpha value is -2.36. The molecule has 1 fully saturated rings. The van der Waals surface area contributed by atoms with Gasteiger partial charge in [0.1, 0.15) is 30.2 Å². The lowest BCUT2D eigenvalue weighted by atomic mass is 9.89. The van der Waals surface area contributed by atoms with E-state index in [2.05, 4.69) is 74.6 Å². The molecule has 6 unspecified atom stereocenters. The number of ether oxygens (including phenoxy) is 2. The monoisotopic (exact) mass is 773 g/mol. The summed E-state index contributed by atoms with van der Waals surface area (Å²) in [7, 11) is 0. The Bertz CT molecular complexity index is 1080. The summed E-state index contributed by atoms with van der Waals surface area (Å²) in [4.78, 5) is 25.6. The molecule has 0 aromatic heterocycles. The van der Waals surface area contributed by atoms with E-state index in [4.69, 9.17) is 9.47 Å². The van der Waals surface area contributed by atoms with E-state index in [0.29, 0.717) is 32.1 Å². The van der Waals surface area contributed by atoms with Crippen LogP contribution in [0.3, 0.4) is 0 Å². The second-order valence-corrected chi connectivity index (χ2v) is 15.3. The van der Waals surface area contributed by atoms with Gasteiger partial charge in [0.15, 0.2) is 0 Å². The molecule has 1 rings (SSSR count). The van der Waals surface area contributed by atoms with Gasteiger partial charge in [0.05, 0.1) is 19.3 Å². The highest BCUT2D eigenvalue weighted by Gasteiger charge is 2.43. The summed E-state index contributed by atoms with van der Waals surface area (Å²) in [5.41, 5.74) is 0. The zero-order valence-electron chi connectivity index (χ0n) is 34.8. The van der Waals surface area contributed by atoms with Crippen molar-refractivity contribution >= 4 is 11.8 Å². The van der Waals surface area contributed by atoms with Gasteiger partial charge in [-0.15, -0.1) is 0 Å². The minimum absolute atomic E-state index is 0.0995. The van der Waals surface area contributed by atoms with E-state index in [1.54, 1.807) is 0 Å². The first-order chi connectivity index (χ1) is 26.8. The third kappa shape index (κ3) is 27.8. The molecule has 0 aromatic rings. The maximum atomic E-state index is 13.0. The van der Waals surface area contributed by atoms with E-state index in [1.807, 2.05) is 0 Å². The zero-order chi connectivity index (χ0) is 40.2. The number of unbranched alkanes of at least 4 members (excludes halogenated alkanes) is 13. The van der Waals surface area contributed by atoms with Crippen LogP contribution in [0.5, 0.6) is 0 Å². The molecule has 8 nitrogen and oxygen atoms in total. The number of carbonyl (C=O) groups excluding carboxylic acids is 2. The average molecular weight is 773 g/mol. The fraction of sp³-hybridized carbons (Fsp3) is 0.745. The van der Waals surface area contributed by atoms with Crippen LogP contribution in [0.1, 0.15) is 174 Å². The number of hydrogen-bond acceptors (Lipinski definition) is 8. The summed E-state index contributed by atoms with van der Waals surface area (Å²) in [5.74, 6) is -0.415. The zero-order valence-corrected chi connectivity index (χ0v) is 34.8. The van der Waals surface area contributed by atoms with Gasteiger partial charge in [0.25, 0.3) is 0 Å². The van der Waals surface area contributed by atoms with Crippen LogP contribution in [0, 0.1) is 5.92 Å². The number of hydrogen-bond donors (Lipinski definition) is 4. The van der Waals surface area contributed by atoms with Crippen molar-refractivity contribution in [3.63, 3.8) is 0 Å². The summed E-state index contributed by atoms with van der Waals surface area (Å²) < 4.78 is 11.3. The van der Waals surface area contributed by atoms with Gasteiger partial charge in [-0.25, -0.2) is 0 Å². The van der Waals surface area contributed by atoms with Gasteiger partial charge in [-0.05, 0) is 64.2 Å². The van der Waals surface area contributed by atoms with E-state index in [9.17, 15) is 30.0 Å². The van der Waals surface area contributed by atoms with E-state index < -0.39 is 37.1 Å². The lowest BCUT2D eigenvalue weighted by molar-refractivity contribution is -0.231. The van der Waals surface area contributed by atoms with Crippen molar-refractivity contribution in [1.82, 2.24) is 0 Å². The summed E-state index contributed by atoms with van der Waals surface area (Å²) in [5, 5.41) is 40.4. The van der Waals surface area contributed by atoms with E-state index >= 15 is 0 Å². The molecule has 0 bridgehead atoms. The Morgan fingerprint density at radius 1 is 0.600 bits per heavy atom. The molecule has 55 heavy (non-hydrogen) atoms. The highest BCUT2D eigenvalue weighted by atomic mass is 16.5. The molecule has 0 aromatic carbocycles. The van der Waals surface area contributed by atoms with Crippen molar-refractivity contribution in [2.45, 2.75) is 205 Å². The minimum Gasteiger partial charge on any atom is -0.465 e. The van der Waals surface area contributed by atoms with E-state index in [0.717, 1.165) is 57.8 Å². The quantitative estimate of drug-likeness (QED) is 0.0284. The van der Waals surface area contributed by atoms with Gasteiger partial charge in [-0.1, -0.05) is 152 Å². The first-order valence-corrected chi connectivity index (χ1v) is 22.1. The molecule has 8 heteroatoms. The molecular formula is C47H80O8. The number of aliphatic hydroxyl groups excluding tert-OH is 4. The van der Waals surface area contributed by atoms with Crippen molar-refractivity contribution in [1.29, 1.82) is 0 Å². The number of allylic oxidation sites excluding steroid dienone is 10. The van der Waals surface area contributed by atoms with Crippen molar-refractivity contribution < 1.29 is 39.5 Å². The van der Waals surface area contributed by atoms with Crippen LogP contribution in [-0.4, -0.2) is 75.9 Å². The Morgan fingerprint density at radius 2 is 1.09 bits per heavy atom. The van der Waals surface area contributed by atoms with Crippen LogP contribution in [0.15, 0.2) is 60.8 Å². The molecular weight excluding hydrogens is 693 g/mol. The topological polar surface area (TPSA) is 134 Å². The predicted octanol–water partition coefficient (Wildman–Crippen LogP) is 10.1. The lowest BCUT2D eigenvalue weighted by Crippen LogP contribution is -2.58. The minimum atomic E-state index is -1.44. The van der Waals surface area contributed by atoms with E-state index in [-0.39, 0.29) is 30.7 Å². The van der Waals surface area contributed by atoms with Gasteiger partial charge in [-0.2, -0.15) is 0 Å². The van der Waals surface area contributed by atoms with Crippen LogP contribution in [0.4, 0.5) is 0 Å². The maximum Gasteiger partial charge on any atom is 0.305 e. The number of carbonyl (C=O) groups is 2. The van der Waals surface area contributed by atoms with Crippen molar-refractivity contribution in [3.05, 3.63) is 60.8 Å². The SMILES string of the molecule is CC/C=C\C/C=C\C/C=C\C/C=C\C/C=C\CCCC(=O)OCC(CCC1OC(CO)C(O)C(O)C1O)CC(=O)CCCCCCCCCCCCCCC. The molecule has 0 amide bonds. The fourth-order valence-electron chi connectivity index (χ4n) is 6.84. The molecule has 1 saturated heterocycles. The van der Waals surface area contributed by atoms with Gasteiger partial charge in [-0.3, -0.25) is 9.59 Å². The summed E-state index contributed by atoms with van der Waals surface area (Å²) in [6, 6.07) is 0. The van der Waals surface area contributed by atoms with Crippen LogP contribution < -0.4 is 0 Å². The molecule has 0 spiro atoms. The Kier molecular flexibility index (Phi) is 33.2. The standard InChI is InChI=1S/C47H80O8/c1-3-5-7-9-11-13-15-17-18-19-20-22-24-26-28-30-32-34-44(50)54-39-40(35-36-42-45(51)47(53)46(52)43(38-48)55-42)37-41(49)33-31-29-27-25-23-21-16-14-12-10-8-6-4-2/h5,7,11,13,17-18,20,22,26,28,40,42-43,45-48,51-53H,3-4,6,8-10,12,14-16,19,21,23-25,27,29-39H2,1-2H3/b7-5-,13-11-,18-17-,22-20-,28-26-. The van der Waals surface area contributed by atoms with Gasteiger partial charge >= 0.3 is 5.97 Å². The second kappa shape index (κ2) is 36.0. The molecule has 0 radical (unpaired) electrons. The maximum absolute atomic E-state index is 13.0. The Morgan fingerprint density at radius 3 is 1.62 bits per heavy atom. The molecule has 4 N–H and O–H groups in total. The van der Waals surface area contributed by atoms with Crippen LogP contribution in [0.2, 0.25) is 0 Å². The van der Waals surface area contributed by atoms with Gasteiger partial charge in [0.2, 0.25) is 0 Å². The van der Waals surface area contributed by atoms with Crippen molar-refractivity contribution in [3.8, 4) is 0 Å². The highest BCUT2D eigenvalue weighted by Crippen LogP contribution is 2.27. The lowest BCUT2D eigenvalue weighted by Gasteiger charge is -2.40. The van der Waals surface area contributed by atoms with Gasteiger partial charge in [0, 0.05) is 25.2 Å². The third-order valence-corrected chi connectivity index (χ3v) is 10.3. The summed E-state index contributed by atoms with van der Waals surface area (Å²) in [6.45, 7) is 4.00. The Balaban J connectivity index is 2.40. The number of rotatable bonds is 35.